The van der Waals surface area contributed by atoms with Crippen LogP contribution < -0.4 is 0 Å². The summed E-state index contributed by atoms with van der Waals surface area (Å²) in [5.74, 6) is -0.201. The topological polar surface area (TPSA) is 28.7 Å². The van der Waals surface area contributed by atoms with Crippen LogP contribution in [0.1, 0.15) is 5.56 Å². The Bertz CT molecular complexity index is 516. The molecule has 0 fully saturated rings. The summed E-state index contributed by atoms with van der Waals surface area (Å²) in [5, 5.41) is 7.50. The average Bonchev–Trinajstić information content (AvgIpc) is 2.57. The van der Waals surface area contributed by atoms with Crippen molar-refractivity contribution in [2.24, 2.45) is 0 Å². The third-order valence-corrected chi connectivity index (χ3v) is 2.98. The van der Waals surface area contributed by atoms with Gasteiger partial charge in [-0.05, 0) is 42.9 Å². The fraction of sp³-hybridized carbons (Fsp3) is 0.111. The molecule has 0 bridgehead atoms. The molecule has 2 nitrogen and oxygen atoms in total. The van der Waals surface area contributed by atoms with Crippen LogP contribution in [0.15, 0.2) is 18.2 Å². The molecule has 0 amide bonds. The highest BCUT2D eigenvalue weighted by Crippen LogP contribution is 2.23. The fourth-order valence-electron chi connectivity index (χ4n) is 1.13. The van der Waals surface area contributed by atoms with Crippen LogP contribution in [0, 0.1) is 16.7 Å². The van der Waals surface area contributed by atoms with Gasteiger partial charge in [-0.3, -0.25) is 5.10 Å². The van der Waals surface area contributed by atoms with E-state index in [1.807, 2.05) is 0 Å². The highest BCUT2D eigenvalue weighted by molar-refractivity contribution is 7.73. The Morgan fingerprint density at radius 3 is 2.86 bits per heavy atom. The zero-order chi connectivity index (χ0) is 10.1. The lowest BCUT2D eigenvalue weighted by molar-refractivity contribution is 0.619. The van der Waals surface area contributed by atoms with Crippen molar-refractivity contribution in [2.75, 3.05) is 0 Å². The predicted molar refractivity (Wildman–Crippen MR) is 57.4 cm³/mol. The molecular formula is C9H7FN2S2. The molecule has 72 valence electrons. The summed E-state index contributed by atoms with van der Waals surface area (Å²) in [4.78, 5) is 0. The largest absolute Gasteiger partial charge is 0.258 e. The molecule has 1 N–H and O–H groups in total. The van der Waals surface area contributed by atoms with Crippen LogP contribution in [0.5, 0.6) is 0 Å². The van der Waals surface area contributed by atoms with E-state index in [-0.39, 0.29) is 5.82 Å². The summed E-state index contributed by atoms with van der Waals surface area (Å²) in [7, 11) is 0. The molecule has 1 heterocycles. The molecule has 0 spiro atoms. The summed E-state index contributed by atoms with van der Waals surface area (Å²) < 4.78 is 13.6. The Morgan fingerprint density at radius 1 is 1.50 bits per heavy atom. The fourth-order valence-corrected chi connectivity index (χ4v) is 2.02. The number of rotatable bonds is 1. The first-order valence-electron chi connectivity index (χ1n) is 3.99. The summed E-state index contributed by atoms with van der Waals surface area (Å²) in [6.45, 7) is 1.73. The van der Waals surface area contributed by atoms with Gasteiger partial charge in [0.15, 0.2) is 3.95 Å². The van der Waals surface area contributed by atoms with Gasteiger partial charge in [0.1, 0.15) is 10.8 Å². The molecule has 0 aliphatic rings. The molecule has 1 aromatic heterocycles. The number of hydrogen-bond donors (Lipinski definition) is 1. The number of aromatic nitrogens is 2. The van der Waals surface area contributed by atoms with Crippen molar-refractivity contribution >= 4 is 23.6 Å². The smallest absolute Gasteiger partial charge is 0.176 e. The second-order valence-corrected chi connectivity index (χ2v) is 4.55. The number of nitrogens with zero attached hydrogens (tertiary/aromatic N) is 1. The first-order chi connectivity index (χ1) is 6.66. The Kier molecular flexibility index (Phi) is 2.43. The number of H-pyrrole nitrogens is 1. The number of aryl methyl sites for hydroxylation is 1. The number of aromatic amines is 1. The van der Waals surface area contributed by atoms with Crippen molar-refractivity contribution in [3.63, 3.8) is 0 Å². The van der Waals surface area contributed by atoms with Gasteiger partial charge < -0.3 is 0 Å². The van der Waals surface area contributed by atoms with E-state index in [1.165, 1.54) is 17.4 Å². The molecule has 0 saturated carbocycles. The van der Waals surface area contributed by atoms with Gasteiger partial charge in [-0.25, -0.2) is 4.39 Å². The van der Waals surface area contributed by atoms with Crippen LogP contribution in [0.4, 0.5) is 4.39 Å². The lowest BCUT2D eigenvalue weighted by atomic mass is 10.1. The third-order valence-electron chi connectivity index (χ3n) is 1.84. The molecule has 1 aromatic carbocycles. The van der Waals surface area contributed by atoms with Crippen molar-refractivity contribution < 1.29 is 4.39 Å². The Morgan fingerprint density at radius 2 is 2.29 bits per heavy atom. The van der Waals surface area contributed by atoms with E-state index in [0.717, 1.165) is 10.6 Å². The normalized spacial score (nSPS) is 10.4. The van der Waals surface area contributed by atoms with Gasteiger partial charge in [-0.2, -0.15) is 5.10 Å². The quantitative estimate of drug-likeness (QED) is 0.756. The van der Waals surface area contributed by atoms with Crippen molar-refractivity contribution in [3.8, 4) is 10.6 Å². The number of nitrogens with one attached hydrogen (secondary N) is 1. The maximum Gasteiger partial charge on any atom is 0.176 e. The van der Waals surface area contributed by atoms with E-state index >= 15 is 0 Å². The SMILES string of the molecule is Cc1cc(-c2n[nH]c(=S)s2)ccc1F. The predicted octanol–water partition coefficient (Wildman–Crippen LogP) is 3.32. The molecular weight excluding hydrogens is 219 g/mol. The van der Waals surface area contributed by atoms with Crippen LogP contribution in [-0.4, -0.2) is 10.2 Å². The average molecular weight is 226 g/mol. The minimum atomic E-state index is -0.201. The van der Waals surface area contributed by atoms with E-state index in [2.05, 4.69) is 10.2 Å². The summed E-state index contributed by atoms with van der Waals surface area (Å²) in [5.41, 5.74) is 1.50. The summed E-state index contributed by atoms with van der Waals surface area (Å²) in [6.07, 6.45) is 0. The second-order valence-electron chi connectivity index (χ2n) is 2.88. The van der Waals surface area contributed by atoms with Crippen LogP contribution in [0.25, 0.3) is 10.6 Å². The van der Waals surface area contributed by atoms with Gasteiger partial charge >= 0.3 is 0 Å². The zero-order valence-corrected chi connectivity index (χ0v) is 9.01. The minimum absolute atomic E-state index is 0.201. The van der Waals surface area contributed by atoms with Crippen molar-refractivity contribution in [3.05, 3.63) is 33.5 Å². The van der Waals surface area contributed by atoms with Gasteiger partial charge in [0.05, 0.1) is 0 Å². The van der Waals surface area contributed by atoms with Crippen molar-refractivity contribution in [1.82, 2.24) is 10.2 Å². The summed E-state index contributed by atoms with van der Waals surface area (Å²) in [6, 6.07) is 4.90. The Hall–Kier alpha value is -1.07. The zero-order valence-electron chi connectivity index (χ0n) is 7.37. The van der Waals surface area contributed by atoms with Gasteiger partial charge in [-0.15, -0.1) is 0 Å². The Balaban J connectivity index is 2.52. The van der Waals surface area contributed by atoms with Gasteiger partial charge in [0, 0.05) is 5.56 Å². The molecule has 0 radical (unpaired) electrons. The van der Waals surface area contributed by atoms with Gasteiger partial charge in [0.25, 0.3) is 0 Å². The van der Waals surface area contributed by atoms with Crippen LogP contribution in [0.3, 0.4) is 0 Å². The lowest BCUT2D eigenvalue weighted by Gasteiger charge is -1.98. The second kappa shape index (κ2) is 3.59. The minimum Gasteiger partial charge on any atom is -0.258 e. The highest BCUT2D eigenvalue weighted by Gasteiger charge is 2.04. The molecule has 5 heteroatoms. The van der Waals surface area contributed by atoms with E-state index < -0.39 is 0 Å². The van der Waals surface area contributed by atoms with Gasteiger partial charge in [0.2, 0.25) is 0 Å². The van der Waals surface area contributed by atoms with Crippen LogP contribution in [0.2, 0.25) is 0 Å². The molecule has 2 rings (SSSR count). The molecule has 2 aromatic rings. The summed E-state index contributed by atoms with van der Waals surface area (Å²) >= 11 is 6.30. The van der Waals surface area contributed by atoms with Crippen LogP contribution in [-0.2, 0) is 0 Å². The molecule has 0 atom stereocenters. The first kappa shape index (κ1) is 9.48. The van der Waals surface area contributed by atoms with Crippen molar-refractivity contribution in [2.45, 2.75) is 6.92 Å². The van der Waals surface area contributed by atoms with E-state index in [4.69, 9.17) is 12.2 Å². The monoisotopic (exact) mass is 226 g/mol. The highest BCUT2D eigenvalue weighted by atomic mass is 32.1. The Labute approximate surface area is 89.4 Å². The first-order valence-corrected chi connectivity index (χ1v) is 5.21. The van der Waals surface area contributed by atoms with E-state index in [0.29, 0.717) is 9.52 Å². The number of hydrogen-bond acceptors (Lipinski definition) is 3. The van der Waals surface area contributed by atoms with Gasteiger partial charge in [-0.1, -0.05) is 11.3 Å². The number of benzene rings is 1. The molecule has 0 aliphatic carbocycles. The lowest BCUT2D eigenvalue weighted by Crippen LogP contribution is -1.83. The number of halogens is 1. The van der Waals surface area contributed by atoms with Crippen LogP contribution >= 0.6 is 23.6 Å². The molecule has 0 saturated heterocycles. The maximum atomic E-state index is 13.0. The van der Waals surface area contributed by atoms with Crippen molar-refractivity contribution in [1.29, 1.82) is 0 Å². The third kappa shape index (κ3) is 1.73. The molecule has 0 aliphatic heterocycles. The van der Waals surface area contributed by atoms with E-state index in [1.54, 1.807) is 19.1 Å². The standard InChI is InChI=1S/C9H7FN2S2/c1-5-4-6(2-3-7(5)10)8-11-12-9(13)14-8/h2-4H,1H3,(H,12,13). The molecule has 0 unspecified atom stereocenters. The van der Waals surface area contributed by atoms with E-state index in [9.17, 15) is 4.39 Å². The molecule has 14 heavy (non-hydrogen) atoms. The maximum absolute atomic E-state index is 13.0.